The molecule has 0 atom stereocenters. The van der Waals surface area contributed by atoms with Crippen molar-refractivity contribution in [2.75, 3.05) is 13.6 Å². The Morgan fingerprint density at radius 1 is 1.09 bits per heavy atom. The molecular weight excluding hydrogens is 450 g/mol. The van der Waals surface area contributed by atoms with Gasteiger partial charge < -0.3 is 14.6 Å². The minimum Gasteiger partial charge on any atom is -0.392 e. The number of sulfonamides is 1. The molecule has 2 N–H and O–H groups in total. The number of rotatable bonds is 7. The van der Waals surface area contributed by atoms with Gasteiger partial charge in [0.2, 0.25) is 15.9 Å². The van der Waals surface area contributed by atoms with Gasteiger partial charge in [0.05, 0.1) is 11.5 Å². The molecule has 1 aliphatic rings. The fourth-order valence-electron chi connectivity index (χ4n) is 4.75. The van der Waals surface area contributed by atoms with E-state index in [1.165, 1.54) is 0 Å². The molecule has 1 amide bonds. The van der Waals surface area contributed by atoms with Gasteiger partial charge in [0, 0.05) is 49.2 Å². The summed E-state index contributed by atoms with van der Waals surface area (Å²) >= 11 is 0. The van der Waals surface area contributed by atoms with Crippen molar-refractivity contribution >= 4 is 26.8 Å². The molecule has 1 heterocycles. The lowest BCUT2D eigenvalue weighted by molar-refractivity contribution is -0.135. The summed E-state index contributed by atoms with van der Waals surface area (Å²) in [7, 11) is 0.0579. The largest absolute Gasteiger partial charge is 0.392 e. The molecule has 0 saturated heterocycles. The van der Waals surface area contributed by atoms with E-state index in [1.807, 2.05) is 62.0 Å². The highest BCUT2D eigenvalue weighted by Gasteiger charge is 2.30. The first-order chi connectivity index (χ1) is 16.2. The molecule has 4 rings (SSSR count). The second-order valence-corrected chi connectivity index (χ2v) is 10.9. The lowest BCUT2D eigenvalue weighted by Gasteiger charge is -2.30. The number of nitrogens with zero attached hydrogens (tertiary/aromatic N) is 2. The quantitative estimate of drug-likeness (QED) is 0.537. The zero-order chi connectivity index (χ0) is 24.5. The third-order valence-electron chi connectivity index (χ3n) is 7.01. The molecule has 0 spiro atoms. The predicted molar refractivity (Wildman–Crippen MR) is 134 cm³/mol. The van der Waals surface area contributed by atoms with Crippen LogP contribution >= 0.6 is 0 Å². The number of carbonyl (C=O) groups excluding carboxylic acids is 1. The van der Waals surface area contributed by atoms with Crippen LogP contribution < -0.4 is 4.72 Å². The van der Waals surface area contributed by atoms with Crippen molar-refractivity contribution in [1.82, 2.24) is 14.2 Å². The van der Waals surface area contributed by atoms with Crippen LogP contribution in [0, 0.1) is 5.92 Å². The van der Waals surface area contributed by atoms with Gasteiger partial charge in [-0.15, -0.1) is 0 Å². The number of aliphatic hydroxyl groups is 1. The Morgan fingerprint density at radius 3 is 2.38 bits per heavy atom. The zero-order valence-corrected chi connectivity index (χ0v) is 20.8. The van der Waals surface area contributed by atoms with E-state index in [0.29, 0.717) is 32.2 Å². The maximum atomic E-state index is 13.2. The van der Waals surface area contributed by atoms with E-state index in [4.69, 9.17) is 0 Å². The Hall–Kier alpha value is -2.68. The van der Waals surface area contributed by atoms with Crippen LogP contribution in [0.1, 0.15) is 38.2 Å². The summed E-state index contributed by atoms with van der Waals surface area (Å²) in [5, 5.41) is 10.2. The highest BCUT2D eigenvalue weighted by Crippen LogP contribution is 2.30. The van der Waals surface area contributed by atoms with Gasteiger partial charge in [0.1, 0.15) is 0 Å². The van der Waals surface area contributed by atoms with E-state index in [1.54, 1.807) is 17.0 Å². The summed E-state index contributed by atoms with van der Waals surface area (Å²) in [6.45, 7) is 2.64. The van der Waals surface area contributed by atoms with Crippen LogP contribution in [0.25, 0.3) is 22.2 Å². The van der Waals surface area contributed by atoms with Crippen LogP contribution in [0.5, 0.6) is 0 Å². The molecule has 7 nitrogen and oxygen atoms in total. The minimum absolute atomic E-state index is 0.00262. The Balaban J connectivity index is 1.50. The van der Waals surface area contributed by atoms with Crippen LogP contribution in [0.15, 0.2) is 53.4 Å². The van der Waals surface area contributed by atoms with E-state index in [-0.39, 0.29) is 29.4 Å². The molecule has 1 saturated carbocycles. The van der Waals surface area contributed by atoms with Gasteiger partial charge in [0.15, 0.2) is 0 Å². The molecule has 0 radical (unpaired) electrons. The summed E-state index contributed by atoms with van der Waals surface area (Å²) < 4.78 is 31.2. The first-order valence-corrected chi connectivity index (χ1v) is 13.3. The third kappa shape index (κ3) is 4.89. The summed E-state index contributed by atoms with van der Waals surface area (Å²) in [6, 6.07) is 14.8. The third-order valence-corrected chi connectivity index (χ3v) is 8.53. The molecule has 2 aromatic carbocycles. The van der Waals surface area contributed by atoms with Gasteiger partial charge >= 0.3 is 0 Å². The second kappa shape index (κ2) is 9.90. The average Bonchev–Trinajstić information content (AvgIpc) is 3.19. The number of aryl methyl sites for hydroxylation is 1. The van der Waals surface area contributed by atoms with Crippen LogP contribution in [0.2, 0.25) is 0 Å². The predicted octanol–water partition coefficient (Wildman–Crippen LogP) is 3.65. The van der Waals surface area contributed by atoms with Crippen LogP contribution in [-0.2, 0) is 28.5 Å². The summed E-state index contributed by atoms with van der Waals surface area (Å²) in [5.74, 6) is 0.134. The van der Waals surface area contributed by atoms with E-state index in [0.717, 1.165) is 27.7 Å². The zero-order valence-electron chi connectivity index (χ0n) is 20.0. The number of fused-ring (bicyclic) bond motifs is 1. The maximum absolute atomic E-state index is 13.2. The molecule has 1 aliphatic carbocycles. The van der Waals surface area contributed by atoms with Gasteiger partial charge in [-0.3, -0.25) is 4.79 Å². The fourth-order valence-corrected chi connectivity index (χ4v) is 6.07. The Morgan fingerprint density at radius 2 is 1.76 bits per heavy atom. The number of aliphatic hydroxyl groups excluding tert-OH is 1. The number of nitrogens with one attached hydrogen (secondary N) is 1. The topological polar surface area (TPSA) is 91.6 Å². The van der Waals surface area contributed by atoms with Gasteiger partial charge in [-0.25, -0.2) is 13.1 Å². The number of hydrogen-bond acceptors (Lipinski definition) is 4. The summed E-state index contributed by atoms with van der Waals surface area (Å²) in [5.41, 5.74) is 3.65. The van der Waals surface area contributed by atoms with Crippen molar-refractivity contribution in [2.45, 2.75) is 50.2 Å². The fraction of sp³-hybridized carbons (Fsp3) is 0.423. The normalized spacial score (nSPS) is 18.8. The molecule has 3 aromatic rings. The second-order valence-electron chi connectivity index (χ2n) is 9.19. The highest BCUT2D eigenvalue weighted by molar-refractivity contribution is 7.89. The lowest BCUT2D eigenvalue weighted by atomic mass is 9.85. The van der Waals surface area contributed by atoms with Crippen LogP contribution in [-0.4, -0.2) is 48.5 Å². The molecular formula is C26H33N3O4S. The summed E-state index contributed by atoms with van der Waals surface area (Å²) in [4.78, 5) is 14.4. The van der Waals surface area contributed by atoms with Gasteiger partial charge in [0.25, 0.3) is 0 Å². The van der Waals surface area contributed by atoms with E-state index >= 15 is 0 Å². The number of hydrogen-bond donors (Lipinski definition) is 2. The molecule has 0 aliphatic heterocycles. The van der Waals surface area contributed by atoms with Crippen molar-refractivity contribution in [3.05, 3.63) is 54.1 Å². The standard InChI is InChI=1S/C26H33N3O4S/c1-4-28(2)26(31)20-9-12-22(13-10-20)27-34(32,33)23-14-11-21-15-24(29(3)25(21)16-23)19-7-5-18(17-30)6-8-19/h5-8,11,14-16,20,22,27,30H,4,9-10,12-13,17H2,1-3H3/t20-,22-. The molecule has 8 heteroatoms. The molecule has 182 valence electrons. The molecule has 0 unspecified atom stereocenters. The van der Waals surface area contributed by atoms with Crippen LogP contribution in [0.4, 0.5) is 0 Å². The SMILES string of the molecule is CCN(C)C(=O)[C@H]1CC[C@H](NS(=O)(=O)c2ccc3cc(-c4ccc(CO)cc4)n(C)c3c2)CC1. The Kier molecular flexibility index (Phi) is 7.12. The smallest absolute Gasteiger partial charge is 0.240 e. The van der Waals surface area contributed by atoms with Crippen molar-refractivity contribution < 1.29 is 18.3 Å². The monoisotopic (exact) mass is 483 g/mol. The average molecular weight is 484 g/mol. The number of carbonyl (C=O) groups is 1. The summed E-state index contributed by atoms with van der Waals surface area (Å²) in [6.07, 6.45) is 2.72. The highest BCUT2D eigenvalue weighted by atomic mass is 32.2. The van der Waals surface area contributed by atoms with Gasteiger partial charge in [-0.05, 0) is 61.9 Å². The first-order valence-electron chi connectivity index (χ1n) is 11.8. The van der Waals surface area contributed by atoms with E-state index in [9.17, 15) is 18.3 Å². The van der Waals surface area contributed by atoms with Crippen LogP contribution in [0.3, 0.4) is 0 Å². The molecule has 0 bridgehead atoms. The Labute approximate surface area is 201 Å². The van der Waals surface area contributed by atoms with Crippen molar-refractivity contribution in [3.63, 3.8) is 0 Å². The lowest BCUT2D eigenvalue weighted by Crippen LogP contribution is -2.41. The van der Waals surface area contributed by atoms with Crippen molar-refractivity contribution in [2.24, 2.45) is 13.0 Å². The van der Waals surface area contributed by atoms with Crippen molar-refractivity contribution in [3.8, 4) is 11.3 Å². The molecule has 1 fully saturated rings. The Bertz CT molecular complexity index is 1270. The van der Waals surface area contributed by atoms with Crippen molar-refractivity contribution in [1.29, 1.82) is 0 Å². The first kappa shape index (κ1) is 24.4. The van der Waals surface area contributed by atoms with Gasteiger partial charge in [-0.1, -0.05) is 30.3 Å². The van der Waals surface area contributed by atoms with E-state index in [2.05, 4.69) is 4.72 Å². The number of aromatic nitrogens is 1. The minimum atomic E-state index is -3.68. The maximum Gasteiger partial charge on any atom is 0.240 e. The van der Waals surface area contributed by atoms with E-state index < -0.39 is 10.0 Å². The number of amides is 1. The number of benzene rings is 2. The van der Waals surface area contributed by atoms with Gasteiger partial charge in [-0.2, -0.15) is 0 Å². The molecule has 34 heavy (non-hydrogen) atoms. The molecule has 1 aromatic heterocycles.